The molecule has 29 heavy (non-hydrogen) atoms. The maximum absolute atomic E-state index is 13.0. The minimum atomic E-state index is -0.506. The molecule has 7 nitrogen and oxygen atoms in total. The fourth-order valence-electron chi connectivity index (χ4n) is 3.43. The molecule has 1 saturated heterocycles. The average Bonchev–Trinajstić information content (AvgIpc) is 3.17. The van der Waals surface area contributed by atoms with E-state index in [1.807, 2.05) is 6.08 Å². The van der Waals surface area contributed by atoms with Gasteiger partial charge in [0.2, 0.25) is 11.8 Å². The molecule has 0 aromatic carbocycles. The molecule has 0 saturated carbocycles. The first-order valence-corrected chi connectivity index (χ1v) is 10.5. The van der Waals surface area contributed by atoms with Crippen molar-refractivity contribution in [2.45, 2.75) is 70.4 Å². The smallest absolute Gasteiger partial charge is 0.305 e. The molecule has 1 aliphatic heterocycles. The Kier molecular flexibility index (Phi) is 12.0. The number of allylic oxidation sites excluding steroid dienone is 2. The monoisotopic (exact) mass is 408 g/mol. The topological polar surface area (TPSA) is 95.9 Å². The van der Waals surface area contributed by atoms with Crippen LogP contribution in [0.25, 0.3) is 0 Å². The summed E-state index contributed by atoms with van der Waals surface area (Å²) in [7, 11) is 0. The molecule has 1 heterocycles. The molecule has 0 aromatic heterocycles. The Morgan fingerprint density at radius 3 is 2.69 bits per heavy atom. The molecule has 1 aliphatic rings. The largest absolute Gasteiger partial charge is 0.463 e. The van der Waals surface area contributed by atoms with Crippen molar-refractivity contribution < 1.29 is 24.2 Å². The number of hydrogen-bond donors (Lipinski definition) is 2. The van der Waals surface area contributed by atoms with Gasteiger partial charge in [-0.2, -0.15) is 0 Å². The second kappa shape index (κ2) is 13.9. The van der Waals surface area contributed by atoms with Gasteiger partial charge in [0.25, 0.3) is 0 Å². The predicted octanol–water partition coefficient (Wildman–Crippen LogP) is 2.35. The number of rotatable bonds is 14. The van der Waals surface area contributed by atoms with Gasteiger partial charge in [-0.3, -0.25) is 14.4 Å². The van der Waals surface area contributed by atoms with Gasteiger partial charge in [-0.15, -0.1) is 13.2 Å². The van der Waals surface area contributed by atoms with Crippen LogP contribution in [0.2, 0.25) is 0 Å². The van der Waals surface area contributed by atoms with E-state index in [1.54, 1.807) is 17.9 Å². The quantitative estimate of drug-likeness (QED) is 0.261. The highest BCUT2D eigenvalue weighted by molar-refractivity contribution is 5.86. The molecule has 164 valence electrons. The van der Waals surface area contributed by atoms with Crippen molar-refractivity contribution in [2.75, 3.05) is 19.8 Å². The van der Waals surface area contributed by atoms with Crippen LogP contribution in [0.3, 0.4) is 0 Å². The van der Waals surface area contributed by atoms with Gasteiger partial charge in [0.15, 0.2) is 0 Å². The Balaban J connectivity index is 2.57. The van der Waals surface area contributed by atoms with E-state index < -0.39 is 5.92 Å². The molecule has 0 aliphatic carbocycles. The van der Waals surface area contributed by atoms with Crippen LogP contribution in [0.15, 0.2) is 25.3 Å². The Morgan fingerprint density at radius 1 is 1.28 bits per heavy atom. The lowest BCUT2D eigenvalue weighted by Gasteiger charge is -2.28. The van der Waals surface area contributed by atoms with E-state index in [-0.39, 0.29) is 49.5 Å². The van der Waals surface area contributed by atoms with E-state index in [9.17, 15) is 14.4 Å². The third kappa shape index (κ3) is 9.26. The standard InChI is InChI=1S/C22H36N2O5/c1-4-6-7-8-12-21(27)29-16-19-11-9-13-24(19)22(28)18(10-5-2)14-20(26)23-17(3)15-25/h4-5,17-19,25H,1-2,6-16H2,3H3,(H,23,26)/t17-,18-,19+/m1/s1. The number of hydrogen-bond acceptors (Lipinski definition) is 5. The normalized spacial score (nSPS) is 18.0. The molecule has 0 unspecified atom stereocenters. The first kappa shape index (κ1) is 24.9. The Bertz CT molecular complexity index is 563. The zero-order valence-corrected chi connectivity index (χ0v) is 17.6. The van der Waals surface area contributed by atoms with Gasteiger partial charge in [0, 0.05) is 25.4 Å². The number of aliphatic hydroxyl groups is 1. The van der Waals surface area contributed by atoms with Crippen LogP contribution in [0.1, 0.15) is 58.3 Å². The summed E-state index contributed by atoms with van der Waals surface area (Å²) in [6.07, 6.45) is 8.47. The second-order valence-corrected chi connectivity index (χ2v) is 7.62. The van der Waals surface area contributed by atoms with E-state index in [4.69, 9.17) is 9.84 Å². The molecule has 2 N–H and O–H groups in total. The van der Waals surface area contributed by atoms with Crippen LogP contribution >= 0.6 is 0 Å². The van der Waals surface area contributed by atoms with E-state index in [1.165, 1.54) is 0 Å². The molecule has 3 atom stereocenters. The number of nitrogens with one attached hydrogen (secondary N) is 1. The van der Waals surface area contributed by atoms with Crippen LogP contribution < -0.4 is 5.32 Å². The molecule has 2 amide bonds. The number of nitrogens with zero attached hydrogens (tertiary/aromatic N) is 1. The highest BCUT2D eigenvalue weighted by Crippen LogP contribution is 2.23. The number of aliphatic hydroxyl groups excluding tert-OH is 1. The number of carbonyl (C=O) groups is 3. The van der Waals surface area contributed by atoms with Crippen LogP contribution in [-0.4, -0.2) is 59.6 Å². The third-order valence-electron chi connectivity index (χ3n) is 5.05. The molecule has 1 rings (SSSR count). The van der Waals surface area contributed by atoms with Crippen LogP contribution in [0, 0.1) is 5.92 Å². The van der Waals surface area contributed by atoms with E-state index in [2.05, 4.69) is 18.5 Å². The summed E-state index contributed by atoms with van der Waals surface area (Å²) < 4.78 is 5.39. The molecule has 0 aromatic rings. The van der Waals surface area contributed by atoms with Crippen LogP contribution in [0.4, 0.5) is 0 Å². The number of likely N-dealkylation sites (tertiary alicyclic amines) is 1. The molecule has 7 heteroatoms. The highest BCUT2D eigenvalue weighted by atomic mass is 16.5. The molecule has 0 radical (unpaired) electrons. The van der Waals surface area contributed by atoms with Gasteiger partial charge in [-0.05, 0) is 45.4 Å². The molecule has 1 fully saturated rings. The Morgan fingerprint density at radius 2 is 2.03 bits per heavy atom. The number of ether oxygens (including phenoxy) is 1. The number of carbonyl (C=O) groups excluding carboxylic acids is 3. The maximum Gasteiger partial charge on any atom is 0.305 e. The fourth-order valence-corrected chi connectivity index (χ4v) is 3.43. The van der Waals surface area contributed by atoms with Gasteiger partial charge < -0.3 is 20.1 Å². The lowest BCUT2D eigenvalue weighted by Crippen LogP contribution is -2.44. The molecular weight excluding hydrogens is 372 g/mol. The molecule has 0 spiro atoms. The van der Waals surface area contributed by atoms with E-state index in [0.717, 1.165) is 32.1 Å². The summed E-state index contributed by atoms with van der Waals surface area (Å²) in [5.41, 5.74) is 0. The van der Waals surface area contributed by atoms with Crippen molar-refractivity contribution in [1.29, 1.82) is 0 Å². The van der Waals surface area contributed by atoms with Crippen molar-refractivity contribution >= 4 is 17.8 Å². The van der Waals surface area contributed by atoms with Gasteiger partial charge in [-0.1, -0.05) is 12.2 Å². The highest BCUT2D eigenvalue weighted by Gasteiger charge is 2.34. The summed E-state index contributed by atoms with van der Waals surface area (Å²) in [6, 6.07) is -0.501. The van der Waals surface area contributed by atoms with Crippen molar-refractivity contribution in [1.82, 2.24) is 10.2 Å². The van der Waals surface area contributed by atoms with Gasteiger partial charge in [0.1, 0.15) is 6.61 Å². The summed E-state index contributed by atoms with van der Waals surface area (Å²) >= 11 is 0. The molecule has 0 bridgehead atoms. The first-order chi connectivity index (χ1) is 13.9. The number of amides is 2. The summed E-state index contributed by atoms with van der Waals surface area (Å²) in [5.74, 6) is -1.13. The van der Waals surface area contributed by atoms with Crippen LogP contribution in [-0.2, 0) is 19.1 Å². The zero-order valence-electron chi connectivity index (χ0n) is 17.6. The summed E-state index contributed by atoms with van der Waals surface area (Å²) in [5, 5.41) is 11.7. The number of unbranched alkanes of at least 4 members (excludes halogenated alkanes) is 2. The number of esters is 1. The first-order valence-electron chi connectivity index (χ1n) is 10.5. The van der Waals surface area contributed by atoms with Crippen LogP contribution in [0.5, 0.6) is 0 Å². The Labute approximate surface area is 174 Å². The van der Waals surface area contributed by atoms with Gasteiger partial charge >= 0.3 is 5.97 Å². The minimum absolute atomic E-state index is 0.0432. The second-order valence-electron chi connectivity index (χ2n) is 7.62. The SMILES string of the molecule is C=CCCCCC(=O)OC[C@@H]1CCCN1C(=O)[C@H](CC=C)CC(=O)N[C@H](C)CO. The average molecular weight is 409 g/mol. The van der Waals surface area contributed by atoms with Crippen molar-refractivity contribution in [3.63, 3.8) is 0 Å². The Hall–Kier alpha value is -2.15. The molecular formula is C22H36N2O5. The van der Waals surface area contributed by atoms with E-state index in [0.29, 0.717) is 19.4 Å². The summed E-state index contributed by atoms with van der Waals surface area (Å²) in [4.78, 5) is 38.8. The van der Waals surface area contributed by atoms with Gasteiger partial charge in [-0.25, -0.2) is 0 Å². The van der Waals surface area contributed by atoms with E-state index >= 15 is 0 Å². The lowest BCUT2D eigenvalue weighted by molar-refractivity contribution is -0.148. The van der Waals surface area contributed by atoms with Crippen molar-refractivity contribution in [3.05, 3.63) is 25.3 Å². The summed E-state index contributed by atoms with van der Waals surface area (Å²) in [6.45, 7) is 9.69. The van der Waals surface area contributed by atoms with Crippen molar-refractivity contribution in [2.24, 2.45) is 5.92 Å². The predicted molar refractivity (Wildman–Crippen MR) is 112 cm³/mol. The maximum atomic E-state index is 13.0. The van der Waals surface area contributed by atoms with Crippen molar-refractivity contribution in [3.8, 4) is 0 Å². The van der Waals surface area contributed by atoms with Gasteiger partial charge in [0.05, 0.1) is 18.6 Å². The zero-order chi connectivity index (χ0) is 21.6. The third-order valence-corrected chi connectivity index (χ3v) is 5.05. The fraction of sp³-hybridized carbons (Fsp3) is 0.682. The minimum Gasteiger partial charge on any atom is -0.463 e. The lowest BCUT2D eigenvalue weighted by atomic mass is 9.98.